The molecule has 2 atom stereocenters. The molecule has 100 valence electrons. The van der Waals surface area contributed by atoms with Gasteiger partial charge in [0.1, 0.15) is 0 Å². The van der Waals surface area contributed by atoms with Gasteiger partial charge in [0.15, 0.2) is 0 Å². The summed E-state index contributed by atoms with van der Waals surface area (Å²) in [7, 11) is 2.11. The SMILES string of the molecule is Cc1ccc(C(O)CCN(C)C2CCOC2)cc1. The van der Waals surface area contributed by atoms with Gasteiger partial charge in [0, 0.05) is 19.2 Å². The molecule has 0 bridgehead atoms. The number of hydrogen-bond donors (Lipinski definition) is 1. The minimum Gasteiger partial charge on any atom is -0.388 e. The van der Waals surface area contributed by atoms with Gasteiger partial charge in [-0.2, -0.15) is 0 Å². The van der Waals surface area contributed by atoms with Crippen molar-refractivity contribution < 1.29 is 9.84 Å². The predicted molar refractivity (Wildman–Crippen MR) is 72.6 cm³/mol. The third kappa shape index (κ3) is 3.55. The van der Waals surface area contributed by atoms with Crippen molar-refractivity contribution >= 4 is 0 Å². The Kier molecular flexibility index (Phi) is 4.75. The van der Waals surface area contributed by atoms with E-state index >= 15 is 0 Å². The van der Waals surface area contributed by atoms with Gasteiger partial charge in [-0.1, -0.05) is 29.8 Å². The van der Waals surface area contributed by atoms with Crippen molar-refractivity contribution in [3.63, 3.8) is 0 Å². The monoisotopic (exact) mass is 249 g/mol. The molecule has 1 aliphatic rings. The van der Waals surface area contributed by atoms with Gasteiger partial charge in [0.25, 0.3) is 0 Å². The molecule has 0 aromatic heterocycles. The molecule has 0 saturated carbocycles. The fraction of sp³-hybridized carbons (Fsp3) is 0.600. The van der Waals surface area contributed by atoms with Crippen LogP contribution in [0.4, 0.5) is 0 Å². The molecule has 3 heteroatoms. The van der Waals surface area contributed by atoms with E-state index in [0.717, 1.165) is 38.2 Å². The highest BCUT2D eigenvalue weighted by Crippen LogP contribution is 2.19. The summed E-state index contributed by atoms with van der Waals surface area (Å²) in [6.07, 6.45) is 1.52. The maximum atomic E-state index is 10.1. The maximum Gasteiger partial charge on any atom is 0.0802 e. The summed E-state index contributed by atoms with van der Waals surface area (Å²) in [6, 6.07) is 8.65. The molecule has 3 nitrogen and oxygen atoms in total. The van der Waals surface area contributed by atoms with Gasteiger partial charge in [-0.15, -0.1) is 0 Å². The summed E-state index contributed by atoms with van der Waals surface area (Å²) in [5.74, 6) is 0. The van der Waals surface area contributed by atoms with Gasteiger partial charge in [-0.05, 0) is 32.4 Å². The molecule has 18 heavy (non-hydrogen) atoms. The van der Waals surface area contributed by atoms with Crippen molar-refractivity contribution in [2.24, 2.45) is 0 Å². The van der Waals surface area contributed by atoms with E-state index in [-0.39, 0.29) is 6.10 Å². The molecule has 2 unspecified atom stereocenters. The number of aliphatic hydroxyl groups excluding tert-OH is 1. The van der Waals surface area contributed by atoms with Crippen LogP contribution >= 0.6 is 0 Å². The number of nitrogens with zero attached hydrogens (tertiary/aromatic N) is 1. The van der Waals surface area contributed by atoms with Gasteiger partial charge in [0.05, 0.1) is 12.7 Å². The third-order valence-corrected chi connectivity index (χ3v) is 3.75. The standard InChI is InChI=1S/C15H23NO2/c1-12-3-5-13(6-4-12)15(17)7-9-16(2)14-8-10-18-11-14/h3-6,14-15,17H,7-11H2,1-2H3. The second kappa shape index (κ2) is 6.32. The smallest absolute Gasteiger partial charge is 0.0802 e. The number of rotatable bonds is 5. The highest BCUT2D eigenvalue weighted by Gasteiger charge is 2.20. The van der Waals surface area contributed by atoms with Crippen LogP contribution in [0.15, 0.2) is 24.3 Å². The molecule has 2 rings (SSSR count). The quantitative estimate of drug-likeness (QED) is 0.868. The van der Waals surface area contributed by atoms with Crippen molar-refractivity contribution in [1.82, 2.24) is 4.90 Å². The molecular weight excluding hydrogens is 226 g/mol. The van der Waals surface area contributed by atoms with Crippen molar-refractivity contribution in [3.8, 4) is 0 Å². The zero-order valence-corrected chi connectivity index (χ0v) is 11.3. The van der Waals surface area contributed by atoms with Crippen LogP contribution in [0.1, 0.15) is 30.1 Å². The van der Waals surface area contributed by atoms with E-state index in [9.17, 15) is 5.11 Å². The number of aryl methyl sites for hydroxylation is 1. The Morgan fingerprint density at radius 1 is 1.39 bits per heavy atom. The minimum absolute atomic E-state index is 0.365. The predicted octanol–water partition coefficient (Wildman–Crippen LogP) is 2.14. The number of ether oxygens (including phenoxy) is 1. The minimum atomic E-state index is -0.365. The van der Waals surface area contributed by atoms with E-state index in [1.54, 1.807) is 0 Å². The highest BCUT2D eigenvalue weighted by atomic mass is 16.5. The Balaban J connectivity index is 1.80. The molecule has 0 amide bonds. The number of benzene rings is 1. The summed E-state index contributed by atoms with van der Waals surface area (Å²) in [6.45, 7) is 4.67. The third-order valence-electron chi connectivity index (χ3n) is 3.75. The first-order valence-corrected chi connectivity index (χ1v) is 6.69. The average Bonchev–Trinajstić information content (AvgIpc) is 2.90. The van der Waals surface area contributed by atoms with Crippen LogP contribution in [0.25, 0.3) is 0 Å². The van der Waals surface area contributed by atoms with Crippen LogP contribution in [0.3, 0.4) is 0 Å². The Labute approximate surface area is 109 Å². The van der Waals surface area contributed by atoms with Crippen molar-refractivity contribution in [2.75, 3.05) is 26.8 Å². The number of hydrogen-bond acceptors (Lipinski definition) is 3. The average molecular weight is 249 g/mol. The van der Waals surface area contributed by atoms with Crippen LogP contribution in [0.2, 0.25) is 0 Å². The summed E-state index contributed by atoms with van der Waals surface area (Å²) in [5.41, 5.74) is 2.24. The molecule has 1 aromatic rings. The van der Waals surface area contributed by atoms with Gasteiger partial charge >= 0.3 is 0 Å². The lowest BCUT2D eigenvalue weighted by molar-refractivity contribution is 0.124. The van der Waals surface area contributed by atoms with E-state index in [4.69, 9.17) is 4.74 Å². The summed E-state index contributed by atoms with van der Waals surface area (Å²) in [4.78, 5) is 2.30. The molecule has 1 aromatic carbocycles. The van der Waals surface area contributed by atoms with Gasteiger partial charge in [-0.3, -0.25) is 0 Å². The van der Waals surface area contributed by atoms with E-state index in [1.165, 1.54) is 5.56 Å². The van der Waals surface area contributed by atoms with E-state index in [2.05, 4.69) is 18.9 Å². The highest BCUT2D eigenvalue weighted by molar-refractivity contribution is 5.22. The van der Waals surface area contributed by atoms with Crippen LogP contribution in [-0.2, 0) is 4.74 Å². The lowest BCUT2D eigenvalue weighted by Gasteiger charge is -2.24. The fourth-order valence-corrected chi connectivity index (χ4v) is 2.33. The number of aliphatic hydroxyl groups is 1. The van der Waals surface area contributed by atoms with Crippen LogP contribution in [0, 0.1) is 6.92 Å². The van der Waals surface area contributed by atoms with Crippen LogP contribution in [-0.4, -0.2) is 42.9 Å². The largest absolute Gasteiger partial charge is 0.388 e. The summed E-state index contributed by atoms with van der Waals surface area (Å²) < 4.78 is 5.38. The van der Waals surface area contributed by atoms with Gasteiger partial charge in [-0.25, -0.2) is 0 Å². The molecule has 1 fully saturated rings. The lowest BCUT2D eigenvalue weighted by Crippen LogP contribution is -2.33. The lowest BCUT2D eigenvalue weighted by atomic mass is 10.0. The molecule has 1 aliphatic heterocycles. The second-order valence-corrected chi connectivity index (χ2v) is 5.21. The van der Waals surface area contributed by atoms with Crippen molar-refractivity contribution in [3.05, 3.63) is 35.4 Å². The fourth-order valence-electron chi connectivity index (χ4n) is 2.33. The normalized spacial score (nSPS) is 21.4. The molecule has 1 saturated heterocycles. The Hall–Kier alpha value is -0.900. The Bertz CT molecular complexity index is 357. The molecular formula is C15H23NO2. The number of likely N-dealkylation sites (N-methyl/N-ethyl adjacent to an activating group) is 1. The Morgan fingerprint density at radius 3 is 2.72 bits per heavy atom. The first kappa shape index (κ1) is 13.5. The molecule has 1 heterocycles. The van der Waals surface area contributed by atoms with Crippen LogP contribution in [0.5, 0.6) is 0 Å². The molecule has 1 N–H and O–H groups in total. The van der Waals surface area contributed by atoms with Crippen molar-refractivity contribution in [1.29, 1.82) is 0 Å². The van der Waals surface area contributed by atoms with E-state index < -0.39 is 0 Å². The van der Waals surface area contributed by atoms with Crippen molar-refractivity contribution in [2.45, 2.75) is 31.9 Å². The Morgan fingerprint density at radius 2 is 2.11 bits per heavy atom. The maximum absolute atomic E-state index is 10.1. The van der Waals surface area contributed by atoms with Gasteiger partial charge < -0.3 is 14.7 Å². The van der Waals surface area contributed by atoms with Gasteiger partial charge in [0.2, 0.25) is 0 Å². The zero-order valence-electron chi connectivity index (χ0n) is 11.3. The molecule has 0 aliphatic carbocycles. The van der Waals surface area contributed by atoms with E-state index in [0.29, 0.717) is 6.04 Å². The first-order chi connectivity index (χ1) is 8.66. The summed E-state index contributed by atoms with van der Waals surface area (Å²) in [5, 5.41) is 10.1. The second-order valence-electron chi connectivity index (χ2n) is 5.21. The first-order valence-electron chi connectivity index (χ1n) is 6.69. The summed E-state index contributed by atoms with van der Waals surface area (Å²) >= 11 is 0. The zero-order chi connectivity index (χ0) is 13.0. The molecule has 0 radical (unpaired) electrons. The molecule has 0 spiro atoms. The van der Waals surface area contributed by atoms with Crippen LogP contribution < -0.4 is 0 Å². The van der Waals surface area contributed by atoms with E-state index in [1.807, 2.05) is 24.3 Å². The topological polar surface area (TPSA) is 32.7 Å².